The van der Waals surface area contributed by atoms with Gasteiger partial charge >= 0.3 is 6.09 Å². The second kappa shape index (κ2) is 7.22. The number of carbonyl (C=O) groups is 1. The van der Waals surface area contributed by atoms with Gasteiger partial charge in [0.05, 0.1) is 12.6 Å². The SMILES string of the molecule is CC(C)COc1cc(F)cc(-c2ccc3c(c2)CC(C)(C)[C@H]3NC(=O)O)c1. The standard InChI is InChI=1S/C22H26FNO3/c1-13(2)12-27-18-9-15(8-17(23)10-18)14-5-6-19-16(7-14)11-22(3,4)20(19)24-21(25)26/h5-10,13,20,24H,11-12H2,1-4H3,(H,25,26)/t20-/m0/s1. The predicted molar refractivity (Wildman–Crippen MR) is 104 cm³/mol. The molecule has 0 aliphatic heterocycles. The van der Waals surface area contributed by atoms with Crippen LogP contribution in [-0.4, -0.2) is 17.8 Å². The molecule has 144 valence electrons. The maximum Gasteiger partial charge on any atom is 0.405 e. The molecule has 2 aromatic carbocycles. The van der Waals surface area contributed by atoms with Gasteiger partial charge in [-0.25, -0.2) is 9.18 Å². The first-order chi connectivity index (χ1) is 12.7. The summed E-state index contributed by atoms with van der Waals surface area (Å²) in [7, 11) is 0. The van der Waals surface area contributed by atoms with Crippen LogP contribution in [0.4, 0.5) is 9.18 Å². The molecule has 0 heterocycles. The van der Waals surface area contributed by atoms with Crippen molar-refractivity contribution in [1.82, 2.24) is 5.32 Å². The molecule has 27 heavy (non-hydrogen) atoms. The van der Waals surface area contributed by atoms with E-state index in [1.54, 1.807) is 0 Å². The number of carboxylic acid groups (broad SMARTS) is 1. The first kappa shape index (κ1) is 19.2. The average molecular weight is 371 g/mol. The summed E-state index contributed by atoms with van der Waals surface area (Å²) < 4.78 is 19.8. The smallest absolute Gasteiger partial charge is 0.405 e. The van der Waals surface area contributed by atoms with Crippen molar-refractivity contribution in [2.45, 2.75) is 40.2 Å². The molecule has 0 unspecified atom stereocenters. The van der Waals surface area contributed by atoms with Gasteiger partial charge < -0.3 is 15.2 Å². The number of amides is 1. The number of hydrogen-bond acceptors (Lipinski definition) is 2. The van der Waals surface area contributed by atoms with Crippen molar-refractivity contribution in [3.8, 4) is 16.9 Å². The highest BCUT2D eigenvalue weighted by Gasteiger charge is 2.40. The van der Waals surface area contributed by atoms with E-state index in [0.717, 1.165) is 28.7 Å². The molecule has 0 bridgehead atoms. The van der Waals surface area contributed by atoms with Crippen LogP contribution in [0.3, 0.4) is 0 Å². The van der Waals surface area contributed by atoms with Crippen molar-refractivity contribution in [2.75, 3.05) is 6.61 Å². The first-order valence-corrected chi connectivity index (χ1v) is 9.22. The monoisotopic (exact) mass is 371 g/mol. The third kappa shape index (κ3) is 4.24. The van der Waals surface area contributed by atoms with E-state index in [-0.39, 0.29) is 17.3 Å². The Morgan fingerprint density at radius 3 is 2.67 bits per heavy atom. The second-order valence-corrected chi connectivity index (χ2v) is 8.34. The molecule has 3 rings (SSSR count). The number of ether oxygens (including phenoxy) is 1. The fourth-order valence-corrected chi connectivity index (χ4v) is 3.71. The van der Waals surface area contributed by atoms with Gasteiger partial charge in [-0.3, -0.25) is 0 Å². The third-order valence-corrected chi connectivity index (χ3v) is 4.94. The van der Waals surface area contributed by atoms with Crippen molar-refractivity contribution in [3.63, 3.8) is 0 Å². The topological polar surface area (TPSA) is 58.6 Å². The maximum absolute atomic E-state index is 14.1. The van der Waals surface area contributed by atoms with E-state index in [4.69, 9.17) is 9.84 Å². The van der Waals surface area contributed by atoms with E-state index in [1.165, 1.54) is 12.1 Å². The number of fused-ring (bicyclic) bond motifs is 1. The zero-order chi connectivity index (χ0) is 19.8. The van der Waals surface area contributed by atoms with E-state index in [9.17, 15) is 9.18 Å². The molecule has 5 heteroatoms. The van der Waals surface area contributed by atoms with Gasteiger partial charge in [0.15, 0.2) is 0 Å². The molecule has 1 atom stereocenters. The third-order valence-electron chi connectivity index (χ3n) is 4.94. The number of rotatable bonds is 5. The summed E-state index contributed by atoms with van der Waals surface area (Å²) >= 11 is 0. The number of halogens is 1. The Balaban J connectivity index is 1.93. The van der Waals surface area contributed by atoms with Crippen molar-refractivity contribution in [1.29, 1.82) is 0 Å². The average Bonchev–Trinajstić information content (AvgIpc) is 2.81. The highest BCUT2D eigenvalue weighted by Crippen LogP contribution is 2.46. The minimum atomic E-state index is -1.03. The van der Waals surface area contributed by atoms with E-state index in [0.29, 0.717) is 18.3 Å². The van der Waals surface area contributed by atoms with Gasteiger partial charge in [-0.05, 0) is 52.1 Å². The van der Waals surface area contributed by atoms with Crippen LogP contribution >= 0.6 is 0 Å². The summed E-state index contributed by atoms with van der Waals surface area (Å²) in [6, 6.07) is 10.4. The number of benzene rings is 2. The maximum atomic E-state index is 14.1. The molecule has 0 saturated heterocycles. The fraction of sp³-hybridized carbons (Fsp3) is 0.409. The van der Waals surface area contributed by atoms with Crippen LogP contribution in [0.25, 0.3) is 11.1 Å². The van der Waals surface area contributed by atoms with E-state index in [2.05, 4.69) is 5.32 Å². The molecule has 1 aliphatic carbocycles. The Kier molecular flexibility index (Phi) is 5.13. The lowest BCUT2D eigenvalue weighted by Gasteiger charge is -2.27. The molecule has 0 radical (unpaired) electrons. The summed E-state index contributed by atoms with van der Waals surface area (Å²) in [6.07, 6.45) is -0.269. The zero-order valence-electron chi connectivity index (χ0n) is 16.2. The van der Waals surface area contributed by atoms with Crippen molar-refractivity contribution < 1.29 is 19.0 Å². The first-order valence-electron chi connectivity index (χ1n) is 9.22. The molecule has 1 aliphatic rings. The van der Waals surface area contributed by atoms with Crippen molar-refractivity contribution >= 4 is 6.09 Å². The molecular formula is C22H26FNO3. The summed E-state index contributed by atoms with van der Waals surface area (Å²) in [5.41, 5.74) is 3.51. The largest absolute Gasteiger partial charge is 0.493 e. The van der Waals surface area contributed by atoms with E-state index >= 15 is 0 Å². The number of nitrogens with one attached hydrogen (secondary N) is 1. The van der Waals surface area contributed by atoms with Crippen molar-refractivity contribution in [3.05, 3.63) is 53.3 Å². The summed E-state index contributed by atoms with van der Waals surface area (Å²) in [6.45, 7) is 8.72. The van der Waals surface area contributed by atoms with E-state index < -0.39 is 6.09 Å². The van der Waals surface area contributed by atoms with Gasteiger partial charge in [0.1, 0.15) is 11.6 Å². The van der Waals surface area contributed by atoms with E-state index in [1.807, 2.05) is 52.0 Å². The fourth-order valence-electron chi connectivity index (χ4n) is 3.71. The highest BCUT2D eigenvalue weighted by atomic mass is 19.1. The van der Waals surface area contributed by atoms with Crippen LogP contribution in [0.1, 0.15) is 44.9 Å². The highest BCUT2D eigenvalue weighted by molar-refractivity contribution is 5.69. The zero-order valence-corrected chi connectivity index (χ0v) is 16.2. The lowest BCUT2D eigenvalue weighted by atomic mass is 9.85. The molecule has 0 aromatic heterocycles. The van der Waals surface area contributed by atoms with Gasteiger partial charge in [-0.2, -0.15) is 0 Å². The van der Waals surface area contributed by atoms with Crippen LogP contribution in [0, 0.1) is 17.2 Å². The van der Waals surface area contributed by atoms with Crippen LogP contribution < -0.4 is 10.1 Å². The predicted octanol–water partition coefficient (Wildman–Crippen LogP) is 5.42. The Morgan fingerprint density at radius 2 is 2.00 bits per heavy atom. The molecule has 0 fully saturated rings. The summed E-state index contributed by atoms with van der Waals surface area (Å²) in [5, 5.41) is 11.8. The van der Waals surface area contributed by atoms with Gasteiger partial charge in [-0.15, -0.1) is 0 Å². The molecule has 4 nitrogen and oxygen atoms in total. The number of hydrogen-bond donors (Lipinski definition) is 2. The minimum absolute atomic E-state index is 0.215. The quantitative estimate of drug-likeness (QED) is 0.738. The molecule has 0 saturated carbocycles. The summed E-state index contributed by atoms with van der Waals surface area (Å²) in [5.74, 6) is 0.542. The van der Waals surface area contributed by atoms with Gasteiger partial charge in [0, 0.05) is 6.07 Å². The Labute approximate surface area is 159 Å². The lowest BCUT2D eigenvalue weighted by Crippen LogP contribution is -2.34. The molecule has 1 amide bonds. The molecule has 0 spiro atoms. The normalized spacial score (nSPS) is 17.6. The Hall–Kier alpha value is -2.56. The second-order valence-electron chi connectivity index (χ2n) is 8.34. The molecule has 2 aromatic rings. The van der Waals surface area contributed by atoms with Crippen LogP contribution in [0.15, 0.2) is 36.4 Å². The van der Waals surface area contributed by atoms with Crippen LogP contribution in [0.2, 0.25) is 0 Å². The Morgan fingerprint density at radius 1 is 1.26 bits per heavy atom. The minimum Gasteiger partial charge on any atom is -0.493 e. The molecular weight excluding hydrogens is 345 g/mol. The molecule has 2 N–H and O–H groups in total. The van der Waals surface area contributed by atoms with Crippen molar-refractivity contribution in [2.24, 2.45) is 11.3 Å². The van der Waals surface area contributed by atoms with Gasteiger partial charge in [-0.1, -0.05) is 45.9 Å². The van der Waals surface area contributed by atoms with Crippen LogP contribution in [0.5, 0.6) is 5.75 Å². The lowest BCUT2D eigenvalue weighted by molar-refractivity contribution is 0.175. The Bertz CT molecular complexity index is 861. The van der Waals surface area contributed by atoms with Crippen LogP contribution in [-0.2, 0) is 6.42 Å². The van der Waals surface area contributed by atoms with Gasteiger partial charge in [0.2, 0.25) is 0 Å². The summed E-state index contributed by atoms with van der Waals surface area (Å²) in [4.78, 5) is 11.2. The van der Waals surface area contributed by atoms with Gasteiger partial charge in [0.25, 0.3) is 0 Å².